The van der Waals surface area contributed by atoms with Gasteiger partial charge in [-0.15, -0.1) is 11.3 Å². The number of hydrogen-bond acceptors (Lipinski definition) is 4. The van der Waals surface area contributed by atoms with Crippen molar-refractivity contribution >= 4 is 17.1 Å². The van der Waals surface area contributed by atoms with Crippen molar-refractivity contribution in [3.05, 3.63) is 22.4 Å². The fourth-order valence-electron chi connectivity index (χ4n) is 1.84. The molecule has 1 aromatic heterocycles. The average Bonchev–Trinajstić information content (AvgIpc) is 2.74. The van der Waals surface area contributed by atoms with E-state index < -0.39 is 0 Å². The molecular formula is C11H16N2OS. The number of hydrogen-bond donors (Lipinski definition) is 1. The molecule has 0 aromatic carbocycles. The van der Waals surface area contributed by atoms with Crippen LogP contribution in [0, 0.1) is 0 Å². The van der Waals surface area contributed by atoms with Crippen LogP contribution >= 0.6 is 11.3 Å². The lowest BCUT2D eigenvalue weighted by Crippen LogP contribution is -2.49. The van der Waals surface area contributed by atoms with Gasteiger partial charge in [0.05, 0.1) is 4.88 Å². The first kappa shape index (κ1) is 10.8. The van der Waals surface area contributed by atoms with Crippen molar-refractivity contribution in [3.63, 3.8) is 0 Å². The molecule has 15 heavy (non-hydrogen) atoms. The number of piperazine rings is 1. The van der Waals surface area contributed by atoms with Crippen LogP contribution in [0.15, 0.2) is 17.5 Å². The van der Waals surface area contributed by atoms with Gasteiger partial charge in [0.25, 0.3) is 0 Å². The third-order valence-electron chi connectivity index (χ3n) is 2.86. The van der Waals surface area contributed by atoms with Gasteiger partial charge in [-0.05, 0) is 18.5 Å². The molecule has 0 saturated carbocycles. The smallest absolute Gasteiger partial charge is 0.174 e. The Bertz CT molecular complexity index is 323. The topological polar surface area (TPSA) is 32.3 Å². The summed E-state index contributed by atoms with van der Waals surface area (Å²) in [5.74, 6) is 0.269. The molecule has 0 radical (unpaired) electrons. The fourth-order valence-corrected chi connectivity index (χ4v) is 2.52. The van der Waals surface area contributed by atoms with E-state index in [-0.39, 0.29) is 5.78 Å². The zero-order valence-corrected chi connectivity index (χ0v) is 9.72. The van der Waals surface area contributed by atoms with E-state index in [1.165, 1.54) is 11.3 Å². The monoisotopic (exact) mass is 224 g/mol. The van der Waals surface area contributed by atoms with Gasteiger partial charge in [-0.3, -0.25) is 4.79 Å². The van der Waals surface area contributed by atoms with E-state index in [0.717, 1.165) is 24.5 Å². The minimum Gasteiger partial charge on any atom is -0.314 e. The number of ketones is 1. The molecule has 0 spiro atoms. The number of nitrogens with one attached hydrogen (secondary N) is 1. The lowest BCUT2D eigenvalue weighted by atomic mass is 10.1. The minimum absolute atomic E-state index is 0.269. The fraction of sp³-hybridized carbons (Fsp3) is 0.545. The second-order valence-corrected chi connectivity index (χ2v) is 4.89. The van der Waals surface area contributed by atoms with Gasteiger partial charge in [0.15, 0.2) is 5.78 Å². The molecule has 1 aliphatic rings. The van der Waals surface area contributed by atoms with Crippen LogP contribution in [0.25, 0.3) is 0 Å². The minimum atomic E-state index is 0.269. The number of carbonyl (C=O) groups excluding carboxylic acids is 1. The predicted octanol–water partition coefficient (Wildman–Crippen LogP) is 1.22. The molecule has 1 fully saturated rings. The van der Waals surface area contributed by atoms with Crippen LogP contribution in [0.1, 0.15) is 16.1 Å². The van der Waals surface area contributed by atoms with Crippen LogP contribution < -0.4 is 5.32 Å². The number of rotatable bonds is 3. The van der Waals surface area contributed by atoms with Gasteiger partial charge in [0, 0.05) is 32.1 Å². The van der Waals surface area contributed by atoms with Crippen LogP contribution in [0.3, 0.4) is 0 Å². The normalized spacial score (nSPS) is 22.9. The van der Waals surface area contributed by atoms with Crippen molar-refractivity contribution in [1.29, 1.82) is 0 Å². The second kappa shape index (κ2) is 4.88. The molecule has 1 saturated heterocycles. The molecule has 1 aromatic rings. The van der Waals surface area contributed by atoms with Crippen molar-refractivity contribution in [2.75, 3.05) is 26.7 Å². The standard InChI is InChI=1S/C11H16N2OS/c1-13-5-4-12-8-9(13)7-10(14)11-3-2-6-15-11/h2-3,6,9,12H,4-5,7-8H2,1H3. The maximum Gasteiger partial charge on any atom is 0.174 e. The molecule has 0 bridgehead atoms. The Morgan fingerprint density at radius 3 is 3.27 bits per heavy atom. The number of likely N-dealkylation sites (N-methyl/N-ethyl adjacent to an activating group) is 1. The van der Waals surface area contributed by atoms with Crippen molar-refractivity contribution < 1.29 is 4.79 Å². The zero-order chi connectivity index (χ0) is 10.7. The molecule has 1 atom stereocenters. The lowest BCUT2D eigenvalue weighted by Gasteiger charge is -2.32. The van der Waals surface area contributed by atoms with Crippen molar-refractivity contribution in [2.45, 2.75) is 12.5 Å². The summed E-state index contributed by atoms with van der Waals surface area (Å²) in [6.07, 6.45) is 0.629. The van der Waals surface area contributed by atoms with Crippen LogP contribution in [0.2, 0.25) is 0 Å². The highest BCUT2D eigenvalue weighted by atomic mass is 32.1. The molecule has 82 valence electrons. The van der Waals surface area contributed by atoms with E-state index in [1.54, 1.807) is 0 Å². The molecule has 0 amide bonds. The van der Waals surface area contributed by atoms with E-state index in [4.69, 9.17) is 0 Å². The van der Waals surface area contributed by atoms with Gasteiger partial charge in [-0.1, -0.05) is 6.07 Å². The number of carbonyl (C=O) groups is 1. The molecule has 1 unspecified atom stereocenters. The number of nitrogens with zero attached hydrogens (tertiary/aromatic N) is 1. The summed E-state index contributed by atoms with van der Waals surface area (Å²) >= 11 is 1.53. The average molecular weight is 224 g/mol. The summed E-state index contributed by atoms with van der Waals surface area (Å²) in [7, 11) is 2.09. The molecule has 2 rings (SSSR count). The van der Waals surface area contributed by atoms with Crippen molar-refractivity contribution in [1.82, 2.24) is 10.2 Å². The van der Waals surface area contributed by atoms with E-state index in [1.807, 2.05) is 17.5 Å². The second-order valence-electron chi connectivity index (χ2n) is 3.94. The summed E-state index contributed by atoms with van der Waals surface area (Å²) in [5.41, 5.74) is 0. The first-order valence-electron chi connectivity index (χ1n) is 5.25. The summed E-state index contributed by atoms with van der Waals surface area (Å²) in [4.78, 5) is 15.0. The summed E-state index contributed by atoms with van der Waals surface area (Å²) in [5, 5.41) is 5.28. The van der Waals surface area contributed by atoms with Crippen LogP contribution in [-0.2, 0) is 0 Å². The van der Waals surface area contributed by atoms with Crippen LogP contribution in [0.5, 0.6) is 0 Å². The third kappa shape index (κ3) is 2.65. The summed E-state index contributed by atoms with van der Waals surface area (Å²) in [6.45, 7) is 2.98. The number of Topliss-reactive ketones (excluding diaryl/α,β-unsaturated/α-hetero) is 1. The number of thiophene rings is 1. The Morgan fingerprint density at radius 1 is 1.73 bits per heavy atom. The maximum absolute atomic E-state index is 11.9. The first-order valence-corrected chi connectivity index (χ1v) is 6.13. The third-order valence-corrected chi connectivity index (χ3v) is 3.77. The van der Waals surface area contributed by atoms with E-state index in [9.17, 15) is 4.79 Å². The lowest BCUT2D eigenvalue weighted by molar-refractivity contribution is 0.0921. The van der Waals surface area contributed by atoms with Gasteiger partial charge in [0.2, 0.25) is 0 Å². The van der Waals surface area contributed by atoms with Crippen molar-refractivity contribution in [3.8, 4) is 0 Å². The van der Waals surface area contributed by atoms with Crippen LogP contribution in [0.4, 0.5) is 0 Å². The Labute approximate surface area is 94.1 Å². The molecule has 0 aliphatic carbocycles. The molecular weight excluding hydrogens is 208 g/mol. The molecule has 1 N–H and O–H groups in total. The highest BCUT2D eigenvalue weighted by Gasteiger charge is 2.22. The van der Waals surface area contributed by atoms with E-state index >= 15 is 0 Å². The Morgan fingerprint density at radius 2 is 2.60 bits per heavy atom. The SMILES string of the molecule is CN1CCNCC1CC(=O)c1cccs1. The Balaban J connectivity index is 1.93. The van der Waals surface area contributed by atoms with Gasteiger partial charge >= 0.3 is 0 Å². The van der Waals surface area contributed by atoms with Gasteiger partial charge in [-0.2, -0.15) is 0 Å². The first-order chi connectivity index (χ1) is 7.27. The largest absolute Gasteiger partial charge is 0.314 e. The summed E-state index contributed by atoms with van der Waals surface area (Å²) in [6, 6.07) is 4.19. The van der Waals surface area contributed by atoms with Gasteiger partial charge in [0.1, 0.15) is 0 Å². The zero-order valence-electron chi connectivity index (χ0n) is 8.90. The highest BCUT2D eigenvalue weighted by molar-refractivity contribution is 7.12. The quantitative estimate of drug-likeness (QED) is 0.784. The van der Waals surface area contributed by atoms with E-state index in [0.29, 0.717) is 12.5 Å². The maximum atomic E-state index is 11.9. The summed E-state index contributed by atoms with van der Waals surface area (Å²) < 4.78 is 0. The molecule has 2 heterocycles. The van der Waals surface area contributed by atoms with Gasteiger partial charge < -0.3 is 10.2 Å². The highest BCUT2D eigenvalue weighted by Crippen LogP contribution is 2.14. The van der Waals surface area contributed by atoms with Crippen LogP contribution in [-0.4, -0.2) is 43.4 Å². The van der Waals surface area contributed by atoms with Gasteiger partial charge in [-0.25, -0.2) is 0 Å². The van der Waals surface area contributed by atoms with E-state index in [2.05, 4.69) is 17.3 Å². The predicted molar refractivity (Wildman–Crippen MR) is 62.6 cm³/mol. The Kier molecular flexibility index (Phi) is 3.51. The molecule has 4 heteroatoms. The molecule has 1 aliphatic heterocycles. The Hall–Kier alpha value is -0.710. The van der Waals surface area contributed by atoms with Crippen molar-refractivity contribution in [2.24, 2.45) is 0 Å². The molecule has 3 nitrogen and oxygen atoms in total.